The number of benzene rings is 1. The Labute approximate surface area is 97.1 Å². The molecule has 4 nitrogen and oxygen atoms in total. The Morgan fingerprint density at radius 3 is 2.59 bits per heavy atom. The van der Waals surface area contributed by atoms with Crippen molar-refractivity contribution in [3.63, 3.8) is 0 Å². The van der Waals surface area contributed by atoms with Crippen LogP contribution >= 0.6 is 0 Å². The van der Waals surface area contributed by atoms with Crippen molar-refractivity contribution in [3.05, 3.63) is 47.5 Å². The van der Waals surface area contributed by atoms with E-state index in [9.17, 15) is 9.18 Å². The molecule has 0 bridgehead atoms. The van der Waals surface area contributed by atoms with E-state index in [0.29, 0.717) is 17.4 Å². The number of aldehydes is 1. The van der Waals surface area contributed by atoms with Gasteiger partial charge in [-0.25, -0.2) is 14.4 Å². The van der Waals surface area contributed by atoms with Crippen molar-refractivity contribution in [2.75, 3.05) is 0 Å². The fraction of sp³-hybridized carbons (Fsp3) is 0.0833. The van der Waals surface area contributed by atoms with Crippen LogP contribution in [0.5, 0.6) is 11.8 Å². The normalized spacial score (nSPS) is 10.0. The van der Waals surface area contributed by atoms with Gasteiger partial charge in [0.05, 0.1) is 5.56 Å². The zero-order valence-electron chi connectivity index (χ0n) is 9.05. The van der Waals surface area contributed by atoms with Crippen molar-refractivity contribution >= 4 is 6.29 Å². The predicted octanol–water partition coefficient (Wildman–Crippen LogP) is 2.53. The van der Waals surface area contributed by atoms with Gasteiger partial charge in [0.2, 0.25) is 0 Å². The number of halogens is 1. The average Bonchev–Trinajstić information content (AvgIpc) is 2.35. The summed E-state index contributed by atoms with van der Waals surface area (Å²) in [6.45, 7) is 1.72. The van der Waals surface area contributed by atoms with Gasteiger partial charge in [-0.05, 0) is 18.6 Å². The highest BCUT2D eigenvalue weighted by atomic mass is 19.1. The Morgan fingerprint density at radius 2 is 2.00 bits per heavy atom. The molecule has 0 unspecified atom stereocenters. The van der Waals surface area contributed by atoms with Crippen LogP contribution in [0.1, 0.15) is 15.9 Å². The molecule has 0 atom stereocenters. The van der Waals surface area contributed by atoms with Crippen molar-refractivity contribution < 1.29 is 13.9 Å². The third kappa shape index (κ3) is 2.44. The van der Waals surface area contributed by atoms with Gasteiger partial charge >= 0.3 is 6.01 Å². The molecular formula is C12H9FN2O2. The number of nitrogens with zero attached hydrogens (tertiary/aromatic N) is 2. The van der Waals surface area contributed by atoms with E-state index in [1.165, 1.54) is 18.5 Å². The number of aromatic nitrogens is 2. The van der Waals surface area contributed by atoms with Gasteiger partial charge in [0.1, 0.15) is 0 Å². The molecule has 1 heterocycles. The number of rotatable bonds is 3. The van der Waals surface area contributed by atoms with Gasteiger partial charge in [-0.3, -0.25) is 4.79 Å². The van der Waals surface area contributed by atoms with Gasteiger partial charge < -0.3 is 4.74 Å². The molecule has 0 aliphatic heterocycles. The molecule has 0 fully saturated rings. The topological polar surface area (TPSA) is 52.1 Å². The molecule has 86 valence electrons. The van der Waals surface area contributed by atoms with Crippen molar-refractivity contribution in [1.82, 2.24) is 9.97 Å². The summed E-state index contributed by atoms with van der Waals surface area (Å²) in [4.78, 5) is 18.0. The molecule has 5 heteroatoms. The lowest BCUT2D eigenvalue weighted by atomic mass is 10.2. The summed E-state index contributed by atoms with van der Waals surface area (Å²) in [5.41, 5.74) is 0.982. The maximum Gasteiger partial charge on any atom is 0.322 e. The van der Waals surface area contributed by atoms with Gasteiger partial charge in [0, 0.05) is 12.4 Å². The van der Waals surface area contributed by atoms with Crippen molar-refractivity contribution in [2.45, 2.75) is 6.92 Å². The van der Waals surface area contributed by atoms with Gasteiger partial charge in [0.15, 0.2) is 17.9 Å². The van der Waals surface area contributed by atoms with Crippen LogP contribution in [-0.2, 0) is 0 Å². The smallest absolute Gasteiger partial charge is 0.322 e. The summed E-state index contributed by atoms with van der Waals surface area (Å²) >= 11 is 0. The summed E-state index contributed by atoms with van der Waals surface area (Å²) in [6, 6.07) is 4.61. The molecule has 0 aliphatic carbocycles. The van der Waals surface area contributed by atoms with Crippen LogP contribution in [0, 0.1) is 12.7 Å². The van der Waals surface area contributed by atoms with E-state index < -0.39 is 5.82 Å². The molecule has 0 amide bonds. The summed E-state index contributed by atoms with van der Waals surface area (Å²) in [7, 11) is 0. The predicted molar refractivity (Wildman–Crippen MR) is 58.6 cm³/mol. The Morgan fingerprint density at radius 1 is 1.29 bits per heavy atom. The maximum absolute atomic E-state index is 13.4. The van der Waals surface area contributed by atoms with E-state index in [2.05, 4.69) is 9.97 Å². The van der Waals surface area contributed by atoms with Crippen LogP contribution in [0.4, 0.5) is 4.39 Å². The molecule has 2 rings (SSSR count). The van der Waals surface area contributed by atoms with Crippen LogP contribution in [0.25, 0.3) is 0 Å². The van der Waals surface area contributed by atoms with E-state index in [4.69, 9.17) is 4.74 Å². The molecule has 0 N–H and O–H groups in total. The second-order valence-electron chi connectivity index (χ2n) is 3.40. The number of aryl methyl sites for hydroxylation is 1. The third-order valence-electron chi connectivity index (χ3n) is 2.14. The Kier molecular flexibility index (Phi) is 3.09. The summed E-state index contributed by atoms with van der Waals surface area (Å²) < 4.78 is 18.7. The maximum atomic E-state index is 13.4. The van der Waals surface area contributed by atoms with Crippen LogP contribution in [0.3, 0.4) is 0 Å². The largest absolute Gasteiger partial charge is 0.421 e. The number of para-hydroxylation sites is 1. The first-order chi connectivity index (χ1) is 8.20. The SMILES string of the molecule is Cc1cccc(F)c1Oc1ncc(C=O)cn1. The summed E-state index contributed by atoms with van der Waals surface area (Å²) in [6.07, 6.45) is 3.25. The molecule has 1 aromatic heterocycles. The first kappa shape index (κ1) is 11.2. The van der Waals surface area contributed by atoms with Crippen LogP contribution in [-0.4, -0.2) is 16.3 Å². The van der Waals surface area contributed by atoms with E-state index in [1.54, 1.807) is 19.1 Å². The van der Waals surface area contributed by atoms with E-state index in [1.807, 2.05) is 0 Å². The third-order valence-corrected chi connectivity index (χ3v) is 2.14. The van der Waals surface area contributed by atoms with Crippen LogP contribution in [0.2, 0.25) is 0 Å². The van der Waals surface area contributed by atoms with Crippen molar-refractivity contribution in [3.8, 4) is 11.8 Å². The number of hydrogen-bond donors (Lipinski definition) is 0. The van der Waals surface area contributed by atoms with E-state index in [-0.39, 0.29) is 11.8 Å². The van der Waals surface area contributed by atoms with Crippen LogP contribution < -0.4 is 4.74 Å². The Bertz CT molecular complexity index is 520. The minimum atomic E-state index is -0.479. The number of hydrogen-bond acceptors (Lipinski definition) is 4. The first-order valence-electron chi connectivity index (χ1n) is 4.91. The fourth-order valence-corrected chi connectivity index (χ4v) is 1.28. The van der Waals surface area contributed by atoms with E-state index >= 15 is 0 Å². The number of carbonyl (C=O) groups excluding carboxylic acids is 1. The van der Waals surface area contributed by atoms with Crippen molar-refractivity contribution in [2.24, 2.45) is 0 Å². The Balaban J connectivity index is 2.28. The van der Waals surface area contributed by atoms with Crippen LogP contribution in [0.15, 0.2) is 30.6 Å². The molecule has 1 aromatic carbocycles. The minimum Gasteiger partial charge on any atom is -0.421 e. The highest BCUT2D eigenvalue weighted by Gasteiger charge is 2.09. The second-order valence-corrected chi connectivity index (χ2v) is 3.40. The van der Waals surface area contributed by atoms with E-state index in [0.717, 1.165) is 0 Å². The number of carbonyl (C=O) groups is 1. The standard InChI is InChI=1S/C12H9FN2O2/c1-8-3-2-4-10(13)11(8)17-12-14-5-9(7-16)6-15-12/h2-7H,1H3. The molecule has 0 saturated carbocycles. The quantitative estimate of drug-likeness (QED) is 0.763. The summed E-state index contributed by atoms with van der Waals surface area (Å²) in [5.74, 6) is -0.389. The minimum absolute atomic E-state index is 0.00352. The number of ether oxygens (including phenoxy) is 1. The fourth-order valence-electron chi connectivity index (χ4n) is 1.28. The first-order valence-corrected chi connectivity index (χ1v) is 4.91. The highest BCUT2D eigenvalue weighted by Crippen LogP contribution is 2.25. The lowest BCUT2D eigenvalue weighted by Crippen LogP contribution is -1.96. The molecule has 0 spiro atoms. The molecule has 0 saturated heterocycles. The molecule has 17 heavy (non-hydrogen) atoms. The molecule has 0 aliphatic rings. The van der Waals surface area contributed by atoms with Gasteiger partial charge in [0.25, 0.3) is 0 Å². The van der Waals surface area contributed by atoms with Crippen molar-refractivity contribution in [1.29, 1.82) is 0 Å². The second kappa shape index (κ2) is 4.69. The summed E-state index contributed by atoms with van der Waals surface area (Å²) in [5, 5.41) is 0. The lowest BCUT2D eigenvalue weighted by Gasteiger charge is -2.07. The molecule has 0 radical (unpaired) electrons. The highest BCUT2D eigenvalue weighted by molar-refractivity contribution is 5.73. The van der Waals surface area contributed by atoms with Gasteiger partial charge in [-0.15, -0.1) is 0 Å². The van der Waals surface area contributed by atoms with Gasteiger partial charge in [-0.1, -0.05) is 12.1 Å². The van der Waals surface area contributed by atoms with Gasteiger partial charge in [-0.2, -0.15) is 0 Å². The lowest BCUT2D eigenvalue weighted by molar-refractivity contribution is 0.112. The average molecular weight is 232 g/mol. The molecule has 2 aromatic rings. The molecular weight excluding hydrogens is 223 g/mol. The zero-order valence-corrected chi connectivity index (χ0v) is 9.05. The monoisotopic (exact) mass is 232 g/mol. The zero-order chi connectivity index (χ0) is 12.3. The Hall–Kier alpha value is -2.30.